The molecule has 3 nitrogen and oxygen atoms in total. The highest BCUT2D eigenvalue weighted by Gasteiger charge is 2.40. The van der Waals surface area contributed by atoms with Crippen LogP contribution in [0.4, 0.5) is 0 Å². The second-order valence-electron chi connectivity index (χ2n) is 7.34. The molecule has 3 atom stereocenters. The Balaban J connectivity index is 1.66. The Kier molecular flexibility index (Phi) is 3.89. The number of piperidine rings is 2. The van der Waals surface area contributed by atoms with E-state index in [9.17, 15) is 0 Å². The smallest absolute Gasteiger partial charge is 0.0278 e. The van der Waals surface area contributed by atoms with Crippen molar-refractivity contribution in [1.82, 2.24) is 15.1 Å². The van der Waals surface area contributed by atoms with Crippen LogP contribution >= 0.6 is 0 Å². The molecular formula is C16H31N3. The normalized spacial score (nSPS) is 45.3. The Morgan fingerprint density at radius 2 is 1.84 bits per heavy atom. The quantitative estimate of drug-likeness (QED) is 0.825. The third-order valence-corrected chi connectivity index (χ3v) is 6.11. The maximum atomic E-state index is 3.72. The second kappa shape index (κ2) is 5.34. The van der Waals surface area contributed by atoms with Crippen LogP contribution in [-0.4, -0.2) is 60.1 Å². The molecule has 110 valence electrons. The molecule has 0 aromatic heterocycles. The van der Waals surface area contributed by atoms with E-state index in [2.05, 4.69) is 36.0 Å². The highest BCUT2D eigenvalue weighted by molar-refractivity contribution is 4.98. The predicted octanol–water partition coefficient (Wildman–Crippen LogP) is 2.08. The molecule has 3 rings (SSSR count). The maximum Gasteiger partial charge on any atom is 0.0278 e. The molecular weight excluding hydrogens is 234 g/mol. The molecule has 19 heavy (non-hydrogen) atoms. The molecule has 0 aromatic carbocycles. The van der Waals surface area contributed by atoms with Crippen LogP contribution in [0.5, 0.6) is 0 Å². The Hall–Kier alpha value is -0.120. The lowest BCUT2D eigenvalue weighted by molar-refractivity contribution is -0.00853. The average Bonchev–Trinajstić information content (AvgIpc) is 2.38. The van der Waals surface area contributed by atoms with Gasteiger partial charge in [-0.3, -0.25) is 4.90 Å². The molecule has 0 radical (unpaired) electrons. The zero-order chi connectivity index (χ0) is 13.5. The molecule has 0 aromatic rings. The van der Waals surface area contributed by atoms with E-state index in [1.165, 1.54) is 58.2 Å². The molecule has 3 fully saturated rings. The molecule has 3 heteroatoms. The average molecular weight is 265 g/mol. The summed E-state index contributed by atoms with van der Waals surface area (Å²) in [7, 11) is 2.36. The summed E-state index contributed by atoms with van der Waals surface area (Å²) < 4.78 is 0. The van der Waals surface area contributed by atoms with Gasteiger partial charge in [0.05, 0.1) is 0 Å². The molecule has 0 saturated carbocycles. The molecule has 3 saturated heterocycles. The predicted molar refractivity (Wildman–Crippen MR) is 80.5 cm³/mol. The van der Waals surface area contributed by atoms with E-state index in [0.717, 1.165) is 18.1 Å². The SMILES string of the molecule is CCC1(C)CN(C2CC3CCCC(C2)N3C)CCN1. The first-order valence-electron chi connectivity index (χ1n) is 8.32. The minimum Gasteiger partial charge on any atom is -0.309 e. The Labute approximate surface area is 118 Å². The van der Waals surface area contributed by atoms with Crippen molar-refractivity contribution in [3.8, 4) is 0 Å². The number of rotatable bonds is 2. The molecule has 2 bridgehead atoms. The van der Waals surface area contributed by atoms with Crippen molar-refractivity contribution >= 4 is 0 Å². The number of hydrogen-bond acceptors (Lipinski definition) is 3. The molecule has 3 aliphatic rings. The highest BCUT2D eigenvalue weighted by atomic mass is 15.3. The van der Waals surface area contributed by atoms with E-state index in [1.807, 2.05) is 0 Å². The van der Waals surface area contributed by atoms with Gasteiger partial charge in [0, 0.05) is 43.3 Å². The van der Waals surface area contributed by atoms with Crippen molar-refractivity contribution < 1.29 is 0 Å². The van der Waals surface area contributed by atoms with Gasteiger partial charge in [0.25, 0.3) is 0 Å². The zero-order valence-corrected chi connectivity index (χ0v) is 13.0. The molecule has 3 aliphatic heterocycles. The lowest BCUT2D eigenvalue weighted by atomic mass is 9.81. The first-order chi connectivity index (χ1) is 9.11. The molecule has 3 unspecified atom stereocenters. The number of nitrogens with zero attached hydrogens (tertiary/aromatic N) is 2. The van der Waals surface area contributed by atoms with Crippen LogP contribution in [0.1, 0.15) is 52.4 Å². The standard InChI is InChI=1S/C16H31N3/c1-4-16(2)12-19(9-8-17-16)15-10-13-6-5-7-14(11-15)18(13)3/h13-15,17H,4-12H2,1-3H3. The number of nitrogens with one attached hydrogen (secondary N) is 1. The third-order valence-electron chi connectivity index (χ3n) is 6.11. The summed E-state index contributed by atoms with van der Waals surface area (Å²) in [5.74, 6) is 0. The summed E-state index contributed by atoms with van der Waals surface area (Å²) in [6.07, 6.45) is 8.38. The van der Waals surface area contributed by atoms with Crippen LogP contribution in [0.25, 0.3) is 0 Å². The zero-order valence-electron chi connectivity index (χ0n) is 13.0. The fraction of sp³-hybridized carbons (Fsp3) is 1.00. The second-order valence-corrected chi connectivity index (χ2v) is 7.34. The largest absolute Gasteiger partial charge is 0.309 e. The van der Waals surface area contributed by atoms with Gasteiger partial charge in [-0.2, -0.15) is 0 Å². The van der Waals surface area contributed by atoms with Gasteiger partial charge in [-0.05, 0) is 46.1 Å². The minimum absolute atomic E-state index is 0.344. The van der Waals surface area contributed by atoms with Gasteiger partial charge in [-0.15, -0.1) is 0 Å². The van der Waals surface area contributed by atoms with Gasteiger partial charge in [0.2, 0.25) is 0 Å². The van der Waals surface area contributed by atoms with Crippen molar-refractivity contribution in [2.45, 2.75) is 76.0 Å². The summed E-state index contributed by atoms with van der Waals surface area (Å²) in [5, 5.41) is 3.72. The van der Waals surface area contributed by atoms with Gasteiger partial charge in [0.1, 0.15) is 0 Å². The van der Waals surface area contributed by atoms with Crippen LogP contribution < -0.4 is 5.32 Å². The highest BCUT2D eigenvalue weighted by Crippen LogP contribution is 2.35. The topological polar surface area (TPSA) is 18.5 Å². The van der Waals surface area contributed by atoms with E-state index in [-0.39, 0.29) is 0 Å². The van der Waals surface area contributed by atoms with Crippen molar-refractivity contribution in [3.05, 3.63) is 0 Å². The van der Waals surface area contributed by atoms with Crippen molar-refractivity contribution in [2.75, 3.05) is 26.7 Å². The van der Waals surface area contributed by atoms with E-state index in [0.29, 0.717) is 5.54 Å². The lowest BCUT2D eigenvalue weighted by Gasteiger charge is -2.52. The van der Waals surface area contributed by atoms with Gasteiger partial charge in [0.15, 0.2) is 0 Å². The number of piperazine rings is 1. The van der Waals surface area contributed by atoms with Crippen LogP contribution in [-0.2, 0) is 0 Å². The molecule has 3 heterocycles. The maximum absolute atomic E-state index is 3.72. The summed E-state index contributed by atoms with van der Waals surface area (Å²) >= 11 is 0. The first kappa shape index (κ1) is 13.8. The fourth-order valence-electron chi connectivity index (χ4n) is 4.52. The summed E-state index contributed by atoms with van der Waals surface area (Å²) in [6.45, 7) is 8.39. The summed E-state index contributed by atoms with van der Waals surface area (Å²) in [4.78, 5) is 5.49. The molecule has 0 amide bonds. The van der Waals surface area contributed by atoms with Crippen LogP contribution in [0.3, 0.4) is 0 Å². The van der Waals surface area contributed by atoms with Crippen LogP contribution in [0.2, 0.25) is 0 Å². The molecule has 0 aliphatic carbocycles. The van der Waals surface area contributed by atoms with Gasteiger partial charge in [-0.1, -0.05) is 13.3 Å². The van der Waals surface area contributed by atoms with Crippen molar-refractivity contribution in [1.29, 1.82) is 0 Å². The lowest BCUT2D eigenvalue weighted by Crippen LogP contribution is -2.63. The first-order valence-corrected chi connectivity index (χ1v) is 8.32. The third kappa shape index (κ3) is 2.70. The number of hydrogen-bond donors (Lipinski definition) is 1. The Morgan fingerprint density at radius 1 is 1.16 bits per heavy atom. The fourth-order valence-corrected chi connectivity index (χ4v) is 4.52. The monoisotopic (exact) mass is 265 g/mol. The number of fused-ring (bicyclic) bond motifs is 2. The van der Waals surface area contributed by atoms with E-state index < -0.39 is 0 Å². The van der Waals surface area contributed by atoms with Gasteiger partial charge < -0.3 is 10.2 Å². The van der Waals surface area contributed by atoms with Crippen LogP contribution in [0.15, 0.2) is 0 Å². The summed E-state index contributed by atoms with van der Waals surface area (Å²) in [6, 6.07) is 2.57. The van der Waals surface area contributed by atoms with Crippen LogP contribution in [0, 0.1) is 0 Å². The summed E-state index contributed by atoms with van der Waals surface area (Å²) in [5.41, 5.74) is 0.344. The molecule has 1 N–H and O–H groups in total. The van der Waals surface area contributed by atoms with E-state index in [4.69, 9.17) is 0 Å². The van der Waals surface area contributed by atoms with E-state index in [1.54, 1.807) is 0 Å². The van der Waals surface area contributed by atoms with Crippen molar-refractivity contribution in [2.24, 2.45) is 0 Å². The van der Waals surface area contributed by atoms with E-state index >= 15 is 0 Å². The molecule has 0 spiro atoms. The Morgan fingerprint density at radius 3 is 2.47 bits per heavy atom. The van der Waals surface area contributed by atoms with Gasteiger partial charge >= 0.3 is 0 Å². The van der Waals surface area contributed by atoms with Crippen molar-refractivity contribution in [3.63, 3.8) is 0 Å². The Bertz CT molecular complexity index is 305. The minimum atomic E-state index is 0.344. The van der Waals surface area contributed by atoms with Gasteiger partial charge in [-0.25, -0.2) is 0 Å².